The number of halogens is 1. The number of hydrogen-bond donors (Lipinski definition) is 1. The van der Waals surface area contributed by atoms with Gasteiger partial charge in [-0.2, -0.15) is 0 Å². The van der Waals surface area contributed by atoms with Gasteiger partial charge in [-0.1, -0.05) is 56.6 Å². The highest BCUT2D eigenvalue weighted by Crippen LogP contribution is 2.30. The molecule has 0 radical (unpaired) electrons. The molecule has 0 aliphatic heterocycles. The van der Waals surface area contributed by atoms with Crippen LogP contribution in [0.3, 0.4) is 0 Å². The maximum absolute atomic E-state index is 12.9. The number of likely N-dealkylation sites (N-methyl/N-ethyl adjacent to an activating group) is 1. The second-order valence-electron chi connectivity index (χ2n) is 9.22. The Hall–Kier alpha value is -2.30. The monoisotopic (exact) mass is 426 g/mol. The minimum Gasteiger partial charge on any atom is -0.451 e. The van der Waals surface area contributed by atoms with Crippen LogP contribution in [0.5, 0.6) is 0 Å². The molecule has 4 nitrogen and oxygen atoms in total. The Morgan fingerprint density at radius 3 is 2.33 bits per heavy atom. The van der Waals surface area contributed by atoms with Gasteiger partial charge in [-0.25, -0.2) is 0 Å². The normalized spacial score (nSPS) is 13.1. The van der Waals surface area contributed by atoms with Crippen LogP contribution in [-0.2, 0) is 5.41 Å². The minimum absolute atomic E-state index is 0.0596. The van der Waals surface area contributed by atoms with Gasteiger partial charge >= 0.3 is 0 Å². The van der Waals surface area contributed by atoms with Crippen molar-refractivity contribution < 1.29 is 9.21 Å². The molecule has 0 saturated heterocycles. The summed E-state index contributed by atoms with van der Waals surface area (Å²) < 4.78 is 5.86. The molecular weight excluding hydrogens is 396 g/mol. The van der Waals surface area contributed by atoms with Gasteiger partial charge in [0.1, 0.15) is 5.58 Å². The minimum atomic E-state index is -0.212. The summed E-state index contributed by atoms with van der Waals surface area (Å²) in [5.74, 6) is 0.128. The molecule has 1 unspecified atom stereocenters. The maximum Gasteiger partial charge on any atom is 0.287 e. The van der Waals surface area contributed by atoms with Crippen molar-refractivity contribution in [3.05, 3.63) is 69.4 Å². The van der Waals surface area contributed by atoms with Crippen LogP contribution in [0.1, 0.15) is 59.6 Å². The number of amides is 1. The Kier molecular flexibility index (Phi) is 6.30. The topological polar surface area (TPSA) is 45.5 Å². The Morgan fingerprint density at radius 2 is 1.77 bits per heavy atom. The zero-order valence-corrected chi connectivity index (χ0v) is 19.6. The lowest BCUT2D eigenvalue weighted by Crippen LogP contribution is -2.34. The van der Waals surface area contributed by atoms with E-state index in [0.29, 0.717) is 22.9 Å². The van der Waals surface area contributed by atoms with Gasteiger partial charge in [0.15, 0.2) is 5.76 Å². The van der Waals surface area contributed by atoms with E-state index in [9.17, 15) is 4.79 Å². The average molecular weight is 427 g/mol. The highest BCUT2D eigenvalue weighted by molar-refractivity contribution is 6.32. The van der Waals surface area contributed by atoms with Crippen molar-refractivity contribution in [3.8, 4) is 0 Å². The predicted octanol–water partition coefficient (Wildman–Crippen LogP) is 6.03. The molecule has 30 heavy (non-hydrogen) atoms. The van der Waals surface area contributed by atoms with Gasteiger partial charge in [-0.3, -0.25) is 4.79 Å². The molecule has 0 aliphatic rings. The second-order valence-corrected chi connectivity index (χ2v) is 9.62. The van der Waals surface area contributed by atoms with E-state index in [-0.39, 0.29) is 17.4 Å². The van der Waals surface area contributed by atoms with Crippen LogP contribution in [0.4, 0.5) is 0 Å². The summed E-state index contributed by atoms with van der Waals surface area (Å²) in [4.78, 5) is 15.0. The maximum atomic E-state index is 12.9. The summed E-state index contributed by atoms with van der Waals surface area (Å²) in [5, 5.41) is 4.59. The van der Waals surface area contributed by atoms with Crippen molar-refractivity contribution in [2.75, 3.05) is 20.6 Å². The highest BCUT2D eigenvalue weighted by atomic mass is 35.5. The fourth-order valence-electron chi connectivity index (χ4n) is 3.63. The molecule has 0 spiro atoms. The number of fused-ring (bicyclic) bond motifs is 1. The fourth-order valence-corrected chi connectivity index (χ4v) is 3.80. The van der Waals surface area contributed by atoms with Crippen LogP contribution in [0, 0.1) is 13.8 Å². The summed E-state index contributed by atoms with van der Waals surface area (Å²) in [7, 11) is 4.04. The SMILES string of the molecule is Cc1cc2oc(C(=O)NCC(c3ccc(C(C)(C)C)cc3)N(C)C)c(C)c2cc1Cl. The number of hydrogen-bond acceptors (Lipinski definition) is 3. The number of aryl methyl sites for hydroxylation is 2. The Balaban J connectivity index is 1.79. The third-order valence-electron chi connectivity index (χ3n) is 5.66. The molecule has 1 heterocycles. The average Bonchev–Trinajstić information content (AvgIpc) is 2.97. The van der Waals surface area contributed by atoms with E-state index in [1.54, 1.807) is 0 Å². The van der Waals surface area contributed by atoms with Gasteiger partial charge in [0.05, 0.1) is 6.04 Å². The van der Waals surface area contributed by atoms with Crippen LogP contribution in [0.15, 0.2) is 40.8 Å². The first-order valence-electron chi connectivity index (χ1n) is 10.2. The lowest BCUT2D eigenvalue weighted by molar-refractivity contribution is 0.0915. The van der Waals surface area contributed by atoms with Crippen LogP contribution in [0.2, 0.25) is 5.02 Å². The van der Waals surface area contributed by atoms with E-state index in [1.165, 1.54) is 5.56 Å². The van der Waals surface area contributed by atoms with Gasteiger partial charge in [0.25, 0.3) is 5.91 Å². The lowest BCUT2D eigenvalue weighted by Gasteiger charge is -2.26. The van der Waals surface area contributed by atoms with E-state index < -0.39 is 0 Å². The third-order valence-corrected chi connectivity index (χ3v) is 6.07. The van der Waals surface area contributed by atoms with Crippen molar-refractivity contribution in [2.24, 2.45) is 0 Å². The number of nitrogens with zero attached hydrogens (tertiary/aromatic N) is 1. The van der Waals surface area contributed by atoms with Gasteiger partial charge in [0, 0.05) is 22.5 Å². The second kappa shape index (κ2) is 8.44. The number of rotatable bonds is 5. The molecule has 0 aliphatic carbocycles. The van der Waals surface area contributed by atoms with E-state index in [2.05, 4.69) is 55.3 Å². The van der Waals surface area contributed by atoms with E-state index >= 15 is 0 Å². The van der Waals surface area contributed by atoms with Crippen LogP contribution < -0.4 is 5.32 Å². The van der Waals surface area contributed by atoms with Crippen LogP contribution in [0.25, 0.3) is 11.0 Å². The quantitative estimate of drug-likeness (QED) is 0.541. The molecule has 1 N–H and O–H groups in total. The van der Waals surface area contributed by atoms with Gasteiger partial charge < -0.3 is 14.6 Å². The third kappa shape index (κ3) is 4.55. The Bertz CT molecular complexity index is 1060. The summed E-state index contributed by atoms with van der Waals surface area (Å²) in [6, 6.07) is 12.4. The van der Waals surface area contributed by atoms with Crippen LogP contribution in [-0.4, -0.2) is 31.4 Å². The van der Waals surface area contributed by atoms with Gasteiger partial charge in [-0.05, 0) is 62.2 Å². The molecule has 3 rings (SSSR count). The molecule has 1 amide bonds. The number of benzene rings is 2. The zero-order valence-electron chi connectivity index (χ0n) is 18.9. The smallest absolute Gasteiger partial charge is 0.287 e. The summed E-state index contributed by atoms with van der Waals surface area (Å²) >= 11 is 6.25. The lowest BCUT2D eigenvalue weighted by atomic mass is 9.86. The Morgan fingerprint density at radius 1 is 1.13 bits per heavy atom. The highest BCUT2D eigenvalue weighted by Gasteiger charge is 2.22. The largest absolute Gasteiger partial charge is 0.451 e. The van der Waals surface area contributed by atoms with E-state index in [4.69, 9.17) is 16.0 Å². The van der Waals surface area contributed by atoms with Gasteiger partial charge in [-0.15, -0.1) is 0 Å². The molecule has 0 saturated carbocycles. The van der Waals surface area contributed by atoms with Crippen molar-refractivity contribution in [2.45, 2.75) is 46.1 Å². The standard InChI is InChI=1S/C25H31ClN2O2/c1-15-12-22-19(13-20(15)26)16(2)23(30-22)24(29)27-14-21(28(6)7)17-8-10-18(11-9-17)25(3,4)5/h8-13,21H,14H2,1-7H3,(H,27,29). The molecule has 0 fully saturated rings. The number of nitrogens with one attached hydrogen (secondary N) is 1. The summed E-state index contributed by atoms with van der Waals surface area (Å²) in [6.07, 6.45) is 0. The first-order valence-corrected chi connectivity index (χ1v) is 10.6. The molecule has 5 heteroatoms. The van der Waals surface area contributed by atoms with E-state index in [1.807, 2.05) is 40.1 Å². The fraction of sp³-hybridized carbons (Fsp3) is 0.400. The molecule has 1 aromatic heterocycles. The van der Waals surface area contributed by atoms with Gasteiger partial charge in [0.2, 0.25) is 0 Å². The zero-order chi connectivity index (χ0) is 22.2. The first kappa shape index (κ1) is 22.4. The molecule has 3 aromatic rings. The molecule has 160 valence electrons. The number of carbonyl (C=O) groups excluding carboxylic acids is 1. The summed E-state index contributed by atoms with van der Waals surface area (Å²) in [5.41, 5.74) is 4.98. The molecule has 0 bridgehead atoms. The van der Waals surface area contributed by atoms with Crippen molar-refractivity contribution in [3.63, 3.8) is 0 Å². The van der Waals surface area contributed by atoms with Crippen molar-refractivity contribution >= 4 is 28.5 Å². The van der Waals surface area contributed by atoms with Crippen molar-refractivity contribution in [1.82, 2.24) is 10.2 Å². The molecule has 2 aromatic carbocycles. The van der Waals surface area contributed by atoms with Crippen molar-refractivity contribution in [1.29, 1.82) is 0 Å². The first-order chi connectivity index (χ1) is 14.0. The molecule has 1 atom stereocenters. The Labute approximate surface area is 184 Å². The van der Waals surface area contributed by atoms with Crippen LogP contribution >= 0.6 is 11.6 Å². The summed E-state index contributed by atoms with van der Waals surface area (Å²) in [6.45, 7) is 10.9. The number of carbonyl (C=O) groups is 1. The van der Waals surface area contributed by atoms with E-state index in [0.717, 1.165) is 22.1 Å². The number of furan rings is 1. The molecular formula is C25H31ClN2O2. The predicted molar refractivity (Wildman–Crippen MR) is 125 cm³/mol.